The van der Waals surface area contributed by atoms with Gasteiger partial charge in [-0.1, -0.05) is 13.8 Å². The van der Waals surface area contributed by atoms with Crippen LogP contribution in [0.1, 0.15) is 45.1 Å². The lowest BCUT2D eigenvalue weighted by molar-refractivity contribution is 0.0338. The van der Waals surface area contributed by atoms with E-state index in [1.807, 2.05) is 12.4 Å². The summed E-state index contributed by atoms with van der Waals surface area (Å²) in [5, 5.41) is 10.1. The second kappa shape index (κ2) is 6.33. The standard InChI is InChI=1S/C16H25NO/c1-12(2)14-5-6-16(18)15(11-14)4-3-13-7-9-17-10-8-13/h7-10,12,14-16,18H,3-6,11H2,1-2H3. The van der Waals surface area contributed by atoms with E-state index in [-0.39, 0.29) is 6.10 Å². The Hall–Kier alpha value is -0.890. The molecule has 1 fully saturated rings. The summed E-state index contributed by atoms with van der Waals surface area (Å²) >= 11 is 0. The van der Waals surface area contributed by atoms with E-state index < -0.39 is 0 Å². The van der Waals surface area contributed by atoms with E-state index in [2.05, 4.69) is 31.0 Å². The minimum atomic E-state index is -0.0816. The maximum Gasteiger partial charge on any atom is 0.0568 e. The fourth-order valence-corrected chi connectivity index (χ4v) is 3.10. The molecule has 2 heteroatoms. The van der Waals surface area contributed by atoms with Crippen molar-refractivity contribution in [2.45, 2.75) is 52.1 Å². The summed E-state index contributed by atoms with van der Waals surface area (Å²) in [6, 6.07) is 4.16. The summed E-state index contributed by atoms with van der Waals surface area (Å²) in [6.45, 7) is 4.62. The fourth-order valence-electron chi connectivity index (χ4n) is 3.10. The van der Waals surface area contributed by atoms with E-state index in [0.717, 1.165) is 31.1 Å². The molecule has 100 valence electrons. The van der Waals surface area contributed by atoms with E-state index >= 15 is 0 Å². The zero-order valence-corrected chi connectivity index (χ0v) is 11.5. The first-order chi connectivity index (χ1) is 8.66. The molecule has 1 aromatic heterocycles. The Morgan fingerprint density at radius 1 is 1.28 bits per heavy atom. The van der Waals surface area contributed by atoms with Gasteiger partial charge >= 0.3 is 0 Å². The smallest absolute Gasteiger partial charge is 0.0568 e. The average molecular weight is 247 g/mol. The second-order valence-electron chi connectivity index (χ2n) is 6.04. The van der Waals surface area contributed by atoms with Gasteiger partial charge in [-0.15, -0.1) is 0 Å². The number of nitrogens with zero attached hydrogens (tertiary/aromatic N) is 1. The molecular formula is C16H25NO. The van der Waals surface area contributed by atoms with E-state index in [1.54, 1.807) is 0 Å². The molecule has 0 amide bonds. The zero-order chi connectivity index (χ0) is 13.0. The average Bonchev–Trinajstić information content (AvgIpc) is 2.38. The molecule has 0 aliphatic heterocycles. The topological polar surface area (TPSA) is 33.1 Å². The van der Waals surface area contributed by atoms with Crippen LogP contribution in [0.15, 0.2) is 24.5 Å². The van der Waals surface area contributed by atoms with E-state index in [1.165, 1.54) is 18.4 Å². The van der Waals surface area contributed by atoms with Crippen LogP contribution in [0.2, 0.25) is 0 Å². The predicted octanol–water partition coefficient (Wildman–Crippen LogP) is 3.45. The summed E-state index contributed by atoms with van der Waals surface area (Å²) in [7, 11) is 0. The third-order valence-corrected chi connectivity index (χ3v) is 4.48. The highest BCUT2D eigenvalue weighted by Gasteiger charge is 2.30. The lowest BCUT2D eigenvalue weighted by Crippen LogP contribution is -2.31. The molecule has 1 aliphatic rings. The molecule has 1 heterocycles. The Balaban J connectivity index is 1.87. The van der Waals surface area contributed by atoms with Crippen LogP contribution in [-0.2, 0) is 6.42 Å². The number of aromatic nitrogens is 1. The highest BCUT2D eigenvalue weighted by Crippen LogP contribution is 2.36. The van der Waals surface area contributed by atoms with Gasteiger partial charge in [-0.3, -0.25) is 4.98 Å². The van der Waals surface area contributed by atoms with Gasteiger partial charge in [0.1, 0.15) is 0 Å². The largest absolute Gasteiger partial charge is 0.393 e. The second-order valence-corrected chi connectivity index (χ2v) is 6.04. The molecule has 0 radical (unpaired) electrons. The Morgan fingerprint density at radius 3 is 2.67 bits per heavy atom. The van der Waals surface area contributed by atoms with Gasteiger partial charge in [-0.25, -0.2) is 0 Å². The van der Waals surface area contributed by atoms with Crippen molar-refractivity contribution >= 4 is 0 Å². The number of rotatable bonds is 4. The maximum atomic E-state index is 10.1. The number of aliphatic hydroxyl groups is 1. The summed E-state index contributed by atoms with van der Waals surface area (Å²) < 4.78 is 0. The van der Waals surface area contributed by atoms with Crippen LogP contribution in [0, 0.1) is 17.8 Å². The van der Waals surface area contributed by atoms with Crippen molar-refractivity contribution in [2.24, 2.45) is 17.8 Å². The molecule has 0 spiro atoms. The molecule has 18 heavy (non-hydrogen) atoms. The van der Waals surface area contributed by atoms with Crippen molar-refractivity contribution in [1.82, 2.24) is 4.98 Å². The molecule has 1 saturated carbocycles. The molecule has 0 bridgehead atoms. The van der Waals surface area contributed by atoms with Crippen molar-refractivity contribution in [2.75, 3.05) is 0 Å². The molecule has 2 nitrogen and oxygen atoms in total. The first-order valence-electron chi connectivity index (χ1n) is 7.23. The number of hydrogen-bond donors (Lipinski definition) is 1. The summed E-state index contributed by atoms with van der Waals surface area (Å²) in [5.41, 5.74) is 1.34. The lowest BCUT2D eigenvalue weighted by Gasteiger charge is -2.35. The highest BCUT2D eigenvalue weighted by atomic mass is 16.3. The van der Waals surface area contributed by atoms with Crippen LogP contribution in [0.3, 0.4) is 0 Å². The predicted molar refractivity (Wildman–Crippen MR) is 74.2 cm³/mol. The highest BCUT2D eigenvalue weighted by molar-refractivity contribution is 5.09. The molecule has 0 aromatic carbocycles. The van der Waals surface area contributed by atoms with Crippen LogP contribution in [-0.4, -0.2) is 16.2 Å². The Labute approximate surface area is 110 Å². The quantitative estimate of drug-likeness (QED) is 0.884. The Kier molecular flexibility index (Phi) is 4.76. The van der Waals surface area contributed by atoms with Gasteiger partial charge in [0, 0.05) is 12.4 Å². The Morgan fingerprint density at radius 2 is 2.00 bits per heavy atom. The monoisotopic (exact) mass is 247 g/mol. The number of aliphatic hydroxyl groups excluding tert-OH is 1. The maximum absolute atomic E-state index is 10.1. The van der Waals surface area contributed by atoms with Crippen LogP contribution in [0.25, 0.3) is 0 Å². The van der Waals surface area contributed by atoms with Crippen molar-refractivity contribution in [3.8, 4) is 0 Å². The van der Waals surface area contributed by atoms with Crippen molar-refractivity contribution in [3.05, 3.63) is 30.1 Å². The van der Waals surface area contributed by atoms with Gasteiger partial charge in [-0.05, 0) is 67.6 Å². The van der Waals surface area contributed by atoms with E-state index in [9.17, 15) is 5.11 Å². The molecule has 1 aromatic rings. The summed E-state index contributed by atoms with van der Waals surface area (Å²) in [6.07, 6.45) is 9.18. The third kappa shape index (κ3) is 3.55. The van der Waals surface area contributed by atoms with Crippen LogP contribution in [0.5, 0.6) is 0 Å². The number of hydrogen-bond acceptors (Lipinski definition) is 2. The van der Waals surface area contributed by atoms with Crippen molar-refractivity contribution < 1.29 is 5.11 Å². The van der Waals surface area contributed by atoms with Gasteiger partial charge in [0.15, 0.2) is 0 Å². The molecule has 3 unspecified atom stereocenters. The van der Waals surface area contributed by atoms with E-state index in [4.69, 9.17) is 0 Å². The van der Waals surface area contributed by atoms with Crippen LogP contribution >= 0.6 is 0 Å². The molecule has 1 aliphatic carbocycles. The fraction of sp³-hybridized carbons (Fsp3) is 0.688. The molecule has 0 saturated heterocycles. The zero-order valence-electron chi connectivity index (χ0n) is 11.5. The molecular weight excluding hydrogens is 222 g/mol. The summed E-state index contributed by atoms with van der Waals surface area (Å²) in [4.78, 5) is 4.04. The van der Waals surface area contributed by atoms with Crippen LogP contribution < -0.4 is 0 Å². The molecule has 1 N–H and O–H groups in total. The Bertz CT molecular complexity index is 349. The van der Waals surface area contributed by atoms with Gasteiger partial charge in [0.05, 0.1) is 6.10 Å². The van der Waals surface area contributed by atoms with Gasteiger partial charge in [0.25, 0.3) is 0 Å². The van der Waals surface area contributed by atoms with Gasteiger partial charge in [0.2, 0.25) is 0 Å². The van der Waals surface area contributed by atoms with Crippen molar-refractivity contribution in [3.63, 3.8) is 0 Å². The lowest BCUT2D eigenvalue weighted by atomic mass is 9.73. The van der Waals surface area contributed by atoms with E-state index in [0.29, 0.717) is 5.92 Å². The number of pyridine rings is 1. The number of aryl methyl sites for hydroxylation is 1. The minimum Gasteiger partial charge on any atom is -0.393 e. The van der Waals surface area contributed by atoms with Crippen molar-refractivity contribution in [1.29, 1.82) is 0 Å². The summed E-state index contributed by atoms with van der Waals surface area (Å²) in [5.74, 6) is 2.04. The SMILES string of the molecule is CC(C)C1CCC(O)C(CCc2ccncc2)C1. The minimum absolute atomic E-state index is 0.0816. The van der Waals surface area contributed by atoms with Gasteiger partial charge in [-0.2, -0.15) is 0 Å². The first-order valence-corrected chi connectivity index (χ1v) is 7.23. The van der Waals surface area contributed by atoms with Crippen LogP contribution in [0.4, 0.5) is 0 Å². The van der Waals surface area contributed by atoms with Gasteiger partial charge < -0.3 is 5.11 Å². The normalized spacial score (nSPS) is 28.6. The molecule has 2 rings (SSSR count). The molecule has 3 atom stereocenters. The first kappa shape index (κ1) is 13.5. The third-order valence-electron chi connectivity index (χ3n) is 4.48.